The predicted molar refractivity (Wildman–Crippen MR) is 103 cm³/mol. The Hall–Kier alpha value is -2.51. The van der Waals surface area contributed by atoms with Crippen LogP contribution in [-0.2, 0) is 16.6 Å². The summed E-state index contributed by atoms with van der Waals surface area (Å²) in [6.07, 6.45) is 1.66. The Bertz CT molecular complexity index is 918. The minimum atomic E-state index is -0.467. The smallest absolute Gasteiger partial charge is 0.294 e. The lowest BCUT2D eigenvalue weighted by molar-refractivity contribution is -0.127. The highest BCUT2D eigenvalue weighted by molar-refractivity contribution is 8.18. The summed E-state index contributed by atoms with van der Waals surface area (Å²) in [6, 6.07) is 10.4. The third kappa shape index (κ3) is 3.84. The monoisotopic (exact) mass is 389 g/mol. The maximum atomic E-state index is 12.5. The van der Waals surface area contributed by atoms with Crippen LogP contribution in [0.25, 0.3) is 6.08 Å². The number of aryl methyl sites for hydroxylation is 1. The molecule has 1 aromatic carbocycles. The second kappa shape index (κ2) is 7.39. The van der Waals surface area contributed by atoms with E-state index in [-0.39, 0.29) is 6.54 Å². The minimum absolute atomic E-state index is 0.301. The van der Waals surface area contributed by atoms with Crippen LogP contribution in [0.3, 0.4) is 0 Å². The van der Waals surface area contributed by atoms with Gasteiger partial charge in [0.05, 0.1) is 4.91 Å². The van der Waals surface area contributed by atoms with Crippen LogP contribution < -0.4 is 5.32 Å². The van der Waals surface area contributed by atoms with E-state index in [0.29, 0.717) is 15.6 Å². The van der Waals surface area contributed by atoms with Crippen LogP contribution in [0.15, 0.2) is 41.3 Å². The molecule has 6 nitrogen and oxygen atoms in total. The van der Waals surface area contributed by atoms with E-state index < -0.39 is 17.1 Å². The fourth-order valence-electron chi connectivity index (χ4n) is 2.43. The summed E-state index contributed by atoms with van der Waals surface area (Å²) >= 11 is 6.63. The van der Waals surface area contributed by atoms with Gasteiger partial charge < -0.3 is 9.88 Å². The number of carbonyl (C=O) groups is 3. The topological polar surface area (TPSA) is 71.4 Å². The summed E-state index contributed by atoms with van der Waals surface area (Å²) in [6.45, 7) is 1.61. The van der Waals surface area contributed by atoms with Crippen molar-refractivity contribution in [1.82, 2.24) is 9.47 Å². The van der Waals surface area contributed by atoms with Gasteiger partial charge in [-0.1, -0.05) is 11.6 Å². The molecule has 2 heterocycles. The van der Waals surface area contributed by atoms with Crippen molar-refractivity contribution in [3.05, 3.63) is 57.7 Å². The van der Waals surface area contributed by atoms with Gasteiger partial charge in [0.1, 0.15) is 6.54 Å². The van der Waals surface area contributed by atoms with Crippen molar-refractivity contribution in [3.63, 3.8) is 0 Å². The van der Waals surface area contributed by atoms with Gasteiger partial charge in [0.2, 0.25) is 5.91 Å². The number of rotatable bonds is 4. The summed E-state index contributed by atoms with van der Waals surface area (Å²) in [5.41, 5.74) is 2.40. The molecule has 1 aliphatic heterocycles. The number of thioether (sulfide) groups is 1. The lowest BCUT2D eigenvalue weighted by Crippen LogP contribution is -2.36. The molecule has 0 unspecified atom stereocenters. The van der Waals surface area contributed by atoms with Crippen molar-refractivity contribution in [1.29, 1.82) is 0 Å². The van der Waals surface area contributed by atoms with E-state index in [2.05, 4.69) is 5.32 Å². The Balaban J connectivity index is 1.70. The highest BCUT2D eigenvalue weighted by atomic mass is 35.5. The van der Waals surface area contributed by atoms with Gasteiger partial charge >= 0.3 is 0 Å². The predicted octanol–water partition coefficient (Wildman–Crippen LogP) is 3.66. The Morgan fingerprint density at radius 3 is 2.50 bits per heavy atom. The molecule has 0 spiro atoms. The van der Waals surface area contributed by atoms with Crippen molar-refractivity contribution in [2.75, 3.05) is 11.9 Å². The number of halogens is 1. The SMILES string of the molecule is Cc1ccc(/C=C2\SC(=O)N(CC(=O)Nc3ccc(Cl)cc3)C2=O)n1C. The van der Waals surface area contributed by atoms with E-state index in [1.807, 2.05) is 30.7 Å². The number of carbonyl (C=O) groups excluding carboxylic acids is 3. The molecule has 0 saturated carbocycles. The number of amides is 3. The first kappa shape index (κ1) is 18.3. The molecular formula is C18H16ClN3O3S. The maximum Gasteiger partial charge on any atom is 0.294 e. The molecule has 0 aliphatic carbocycles. The molecule has 0 atom stereocenters. The van der Waals surface area contributed by atoms with Gasteiger partial charge in [-0.2, -0.15) is 0 Å². The van der Waals surface area contributed by atoms with Crippen LogP contribution in [0.1, 0.15) is 11.4 Å². The van der Waals surface area contributed by atoms with Crippen LogP contribution in [0.2, 0.25) is 5.02 Å². The fourth-order valence-corrected chi connectivity index (χ4v) is 3.38. The van der Waals surface area contributed by atoms with E-state index >= 15 is 0 Å². The Morgan fingerprint density at radius 1 is 1.19 bits per heavy atom. The number of aromatic nitrogens is 1. The Kier molecular flexibility index (Phi) is 5.20. The summed E-state index contributed by atoms with van der Waals surface area (Å²) < 4.78 is 1.92. The van der Waals surface area contributed by atoms with Gasteiger partial charge in [-0.05, 0) is 61.2 Å². The van der Waals surface area contributed by atoms with Gasteiger partial charge in [0.15, 0.2) is 0 Å². The first-order chi connectivity index (χ1) is 12.3. The van der Waals surface area contributed by atoms with Crippen LogP contribution >= 0.6 is 23.4 Å². The van der Waals surface area contributed by atoms with Gasteiger partial charge in [0.25, 0.3) is 11.1 Å². The number of imide groups is 1. The second-order valence-electron chi connectivity index (χ2n) is 5.78. The molecule has 1 fully saturated rings. The highest BCUT2D eigenvalue weighted by Gasteiger charge is 2.36. The molecule has 3 amide bonds. The van der Waals surface area contributed by atoms with Crippen molar-refractivity contribution in [2.45, 2.75) is 6.92 Å². The van der Waals surface area contributed by atoms with Crippen LogP contribution in [0.4, 0.5) is 10.5 Å². The number of hydrogen-bond donors (Lipinski definition) is 1. The first-order valence-electron chi connectivity index (χ1n) is 7.78. The molecule has 1 saturated heterocycles. The molecule has 0 radical (unpaired) electrons. The number of benzene rings is 1. The normalized spacial score (nSPS) is 15.8. The van der Waals surface area contributed by atoms with Crippen LogP contribution in [0.5, 0.6) is 0 Å². The number of nitrogens with one attached hydrogen (secondary N) is 1. The Morgan fingerprint density at radius 2 is 1.88 bits per heavy atom. The zero-order chi connectivity index (χ0) is 18.8. The average molecular weight is 390 g/mol. The molecule has 3 rings (SSSR count). The summed E-state index contributed by atoms with van der Waals surface area (Å²) in [4.78, 5) is 38.0. The number of nitrogens with zero attached hydrogens (tertiary/aromatic N) is 2. The molecule has 26 heavy (non-hydrogen) atoms. The second-order valence-corrected chi connectivity index (χ2v) is 7.21. The van der Waals surface area contributed by atoms with Gasteiger partial charge in [0, 0.05) is 29.1 Å². The van der Waals surface area contributed by atoms with E-state index in [1.54, 1.807) is 30.3 Å². The molecule has 134 valence electrons. The molecule has 2 aromatic rings. The standard InChI is InChI=1S/C18H16ClN3O3S/c1-11-3-8-14(21(11)2)9-15-17(24)22(18(25)26-15)10-16(23)20-13-6-4-12(19)5-7-13/h3-9H,10H2,1-2H3,(H,20,23)/b15-9-. The van der Waals surface area contributed by atoms with Crippen molar-refractivity contribution in [3.8, 4) is 0 Å². The summed E-state index contributed by atoms with van der Waals surface area (Å²) in [5.74, 6) is -0.921. The zero-order valence-electron chi connectivity index (χ0n) is 14.2. The third-order valence-electron chi connectivity index (χ3n) is 3.99. The third-order valence-corrected chi connectivity index (χ3v) is 5.15. The maximum absolute atomic E-state index is 12.5. The number of anilines is 1. The average Bonchev–Trinajstić information content (AvgIpc) is 3.05. The van der Waals surface area contributed by atoms with Gasteiger partial charge in [-0.15, -0.1) is 0 Å². The molecule has 0 bridgehead atoms. The molecule has 1 N–H and O–H groups in total. The highest BCUT2D eigenvalue weighted by Crippen LogP contribution is 2.32. The zero-order valence-corrected chi connectivity index (χ0v) is 15.7. The minimum Gasteiger partial charge on any atom is -0.348 e. The molecule has 1 aliphatic rings. The van der Waals surface area contributed by atoms with Gasteiger partial charge in [-0.25, -0.2) is 0 Å². The lowest BCUT2D eigenvalue weighted by Gasteiger charge is -2.12. The first-order valence-corrected chi connectivity index (χ1v) is 8.97. The fraction of sp³-hybridized carbons (Fsp3) is 0.167. The molecular weight excluding hydrogens is 374 g/mol. The van der Waals surface area contributed by atoms with Crippen LogP contribution in [0, 0.1) is 6.92 Å². The largest absolute Gasteiger partial charge is 0.348 e. The molecule has 8 heteroatoms. The number of hydrogen-bond acceptors (Lipinski definition) is 4. The van der Waals surface area contributed by atoms with Crippen molar-refractivity contribution >= 4 is 52.2 Å². The Labute approximate surface area is 159 Å². The van der Waals surface area contributed by atoms with Crippen molar-refractivity contribution in [2.24, 2.45) is 7.05 Å². The molecule has 1 aromatic heterocycles. The summed E-state index contributed by atoms with van der Waals surface area (Å²) in [7, 11) is 1.88. The van der Waals surface area contributed by atoms with Crippen LogP contribution in [-0.4, -0.2) is 33.1 Å². The van der Waals surface area contributed by atoms with Gasteiger partial charge in [-0.3, -0.25) is 19.3 Å². The van der Waals surface area contributed by atoms with E-state index in [9.17, 15) is 14.4 Å². The van der Waals surface area contributed by atoms with E-state index in [1.165, 1.54) is 0 Å². The van der Waals surface area contributed by atoms with E-state index in [4.69, 9.17) is 11.6 Å². The van der Waals surface area contributed by atoms with E-state index in [0.717, 1.165) is 28.0 Å². The van der Waals surface area contributed by atoms with Crippen molar-refractivity contribution < 1.29 is 14.4 Å². The summed E-state index contributed by atoms with van der Waals surface area (Å²) in [5, 5.41) is 2.73. The quantitative estimate of drug-likeness (QED) is 0.810. The lowest BCUT2D eigenvalue weighted by atomic mass is 10.3.